The molecular weight excluding hydrogens is 311 g/mol. The molecule has 0 aliphatic rings. The van der Waals surface area contributed by atoms with Crippen molar-refractivity contribution in [2.24, 2.45) is 0 Å². The first kappa shape index (κ1) is 15.5. The molecule has 0 saturated heterocycles. The van der Waals surface area contributed by atoms with Gasteiger partial charge in [0.25, 0.3) is 7.37 Å². The molecule has 0 heterocycles. The second-order valence-electron chi connectivity index (χ2n) is 4.20. The van der Waals surface area contributed by atoms with Crippen molar-refractivity contribution in [3.8, 4) is 0 Å². The Hall–Kier alpha value is -0.870. The zero-order valence-corrected chi connectivity index (χ0v) is 13.7. The van der Waals surface area contributed by atoms with E-state index in [1.165, 1.54) is 11.8 Å². The van der Waals surface area contributed by atoms with E-state index in [1.54, 1.807) is 54.8 Å². The largest absolute Gasteiger partial charge is 0.338 e. The van der Waals surface area contributed by atoms with E-state index in [4.69, 9.17) is 0 Å². The van der Waals surface area contributed by atoms with E-state index >= 15 is 0 Å². The minimum atomic E-state index is -3.64. The van der Waals surface area contributed by atoms with Crippen LogP contribution >= 0.6 is 19.1 Å². The monoisotopic (exact) mass is 326 g/mol. The predicted octanol–water partition coefficient (Wildman–Crippen LogP) is 2.37. The Morgan fingerprint density at radius 2 is 1.75 bits per heavy atom. The van der Waals surface area contributed by atoms with Crippen molar-refractivity contribution in [2.75, 3.05) is 12.5 Å². The average molecular weight is 326 g/mol. The van der Waals surface area contributed by atoms with E-state index in [9.17, 15) is 13.7 Å². The molecule has 0 saturated carbocycles. The van der Waals surface area contributed by atoms with Crippen LogP contribution in [0, 0.1) is 0 Å². The van der Waals surface area contributed by atoms with Gasteiger partial charge in [-0.2, -0.15) is 0 Å². The molecule has 0 bridgehead atoms. The highest BCUT2D eigenvalue weighted by molar-refractivity contribution is 7.99. The fourth-order valence-electron chi connectivity index (χ4n) is 1.86. The van der Waals surface area contributed by atoms with E-state index < -0.39 is 18.2 Å². The van der Waals surface area contributed by atoms with Crippen molar-refractivity contribution in [3.05, 3.63) is 48.5 Å². The third-order valence-corrected chi connectivity index (χ3v) is 6.77. The summed E-state index contributed by atoms with van der Waals surface area (Å²) in [5, 5.41) is 0.691. The molecule has 2 aromatic rings. The Morgan fingerprint density at radius 3 is 2.30 bits per heavy atom. The third kappa shape index (κ3) is 3.07. The second-order valence-corrected chi connectivity index (χ2v) is 8.58. The summed E-state index contributed by atoms with van der Waals surface area (Å²) in [6.45, 7) is 0. The van der Waals surface area contributed by atoms with Crippen LogP contribution in [-0.2, 0) is 15.4 Å². The van der Waals surface area contributed by atoms with Crippen molar-refractivity contribution in [3.63, 3.8) is 0 Å². The van der Waals surface area contributed by atoms with Gasteiger partial charge in [-0.3, -0.25) is 8.77 Å². The smallest absolute Gasteiger partial charge is 0.258 e. The molecule has 2 unspecified atom stereocenters. The minimum Gasteiger partial charge on any atom is -0.338 e. The molecule has 3 nitrogen and oxygen atoms in total. The van der Waals surface area contributed by atoms with Crippen LogP contribution in [0.15, 0.2) is 58.3 Å². The molecule has 0 aliphatic carbocycles. The minimum absolute atomic E-state index is 0.312. The van der Waals surface area contributed by atoms with E-state index in [1.807, 2.05) is 6.26 Å². The molecule has 0 spiro atoms. The zero-order valence-electron chi connectivity index (χ0n) is 11.1. The lowest BCUT2D eigenvalue weighted by atomic mass is 10.4. The van der Waals surface area contributed by atoms with E-state index in [0.717, 1.165) is 4.90 Å². The summed E-state index contributed by atoms with van der Waals surface area (Å²) < 4.78 is 24.4. The van der Waals surface area contributed by atoms with Crippen LogP contribution in [0.2, 0.25) is 0 Å². The van der Waals surface area contributed by atoms with E-state index in [2.05, 4.69) is 0 Å². The normalized spacial score (nSPS) is 15.6. The van der Waals surface area contributed by atoms with Gasteiger partial charge < -0.3 is 4.89 Å². The van der Waals surface area contributed by atoms with Gasteiger partial charge >= 0.3 is 0 Å². The highest BCUT2D eigenvalue weighted by Gasteiger charge is 2.25. The first-order valence-corrected chi connectivity index (χ1v) is 10.3. The summed E-state index contributed by atoms with van der Waals surface area (Å²) in [5.41, 5.74) is 0. The zero-order chi connectivity index (χ0) is 14.8. The molecule has 0 amide bonds. The SMILES string of the molecule is CSc1ccc(P(=O)(O)c2ccccc2)cc1S(C)=O. The summed E-state index contributed by atoms with van der Waals surface area (Å²) in [5.74, 6) is 0. The Kier molecular flexibility index (Phi) is 4.86. The van der Waals surface area contributed by atoms with Crippen LogP contribution in [-0.4, -0.2) is 21.6 Å². The predicted molar refractivity (Wildman–Crippen MR) is 86.1 cm³/mol. The molecule has 2 atom stereocenters. The summed E-state index contributed by atoms with van der Waals surface area (Å²) >= 11 is 1.47. The maximum atomic E-state index is 12.6. The number of hydrogen-bond donors (Lipinski definition) is 1. The quantitative estimate of drug-likeness (QED) is 0.692. The summed E-state index contributed by atoms with van der Waals surface area (Å²) in [6, 6.07) is 13.5. The number of benzene rings is 2. The molecule has 1 N–H and O–H groups in total. The van der Waals surface area contributed by atoms with Crippen molar-refractivity contribution in [1.29, 1.82) is 0 Å². The lowest BCUT2D eigenvalue weighted by Gasteiger charge is -2.14. The molecule has 2 aromatic carbocycles. The van der Waals surface area contributed by atoms with E-state index in [0.29, 0.717) is 15.5 Å². The van der Waals surface area contributed by atoms with Gasteiger partial charge in [-0.05, 0) is 36.6 Å². The lowest BCUT2D eigenvalue weighted by Crippen LogP contribution is -2.16. The van der Waals surface area contributed by atoms with Gasteiger partial charge in [-0.15, -0.1) is 11.8 Å². The highest BCUT2D eigenvalue weighted by atomic mass is 32.2. The molecule has 106 valence electrons. The lowest BCUT2D eigenvalue weighted by molar-refractivity contribution is 0.501. The first-order valence-electron chi connectivity index (χ1n) is 5.87. The molecule has 0 radical (unpaired) electrons. The maximum absolute atomic E-state index is 12.6. The number of hydrogen-bond acceptors (Lipinski definition) is 3. The van der Waals surface area contributed by atoms with Gasteiger partial charge in [0.05, 0.1) is 15.7 Å². The van der Waals surface area contributed by atoms with Gasteiger partial charge in [-0.1, -0.05) is 18.2 Å². The maximum Gasteiger partial charge on any atom is 0.258 e. The Bertz CT molecular complexity index is 686. The molecule has 0 aromatic heterocycles. The third-order valence-electron chi connectivity index (χ3n) is 2.91. The number of rotatable bonds is 4. The Morgan fingerprint density at radius 1 is 1.10 bits per heavy atom. The average Bonchev–Trinajstić information content (AvgIpc) is 2.47. The fourth-order valence-corrected chi connectivity index (χ4v) is 5.11. The van der Waals surface area contributed by atoms with Gasteiger partial charge in [0.15, 0.2) is 0 Å². The molecular formula is C14H15O3PS2. The van der Waals surface area contributed by atoms with Gasteiger partial charge in [-0.25, -0.2) is 0 Å². The van der Waals surface area contributed by atoms with Crippen molar-refractivity contribution in [1.82, 2.24) is 0 Å². The Labute approximate surface area is 125 Å². The van der Waals surface area contributed by atoms with Crippen molar-refractivity contribution in [2.45, 2.75) is 9.79 Å². The number of thioether (sulfide) groups is 1. The van der Waals surface area contributed by atoms with Crippen LogP contribution in [0.4, 0.5) is 0 Å². The van der Waals surface area contributed by atoms with Gasteiger partial charge in [0.2, 0.25) is 0 Å². The summed E-state index contributed by atoms with van der Waals surface area (Å²) in [6.07, 6.45) is 3.46. The first-order chi connectivity index (χ1) is 9.46. The highest BCUT2D eigenvalue weighted by Crippen LogP contribution is 2.39. The molecule has 6 heteroatoms. The van der Waals surface area contributed by atoms with Crippen LogP contribution in [0.1, 0.15) is 0 Å². The topological polar surface area (TPSA) is 54.4 Å². The molecule has 2 rings (SSSR count). The molecule has 0 fully saturated rings. The van der Waals surface area contributed by atoms with Crippen LogP contribution in [0.25, 0.3) is 0 Å². The molecule has 0 aliphatic heterocycles. The van der Waals surface area contributed by atoms with Crippen LogP contribution < -0.4 is 10.6 Å². The van der Waals surface area contributed by atoms with Crippen LogP contribution in [0.5, 0.6) is 0 Å². The van der Waals surface area contributed by atoms with Crippen molar-refractivity contribution >= 4 is 40.5 Å². The van der Waals surface area contributed by atoms with Gasteiger partial charge in [0, 0.05) is 21.8 Å². The van der Waals surface area contributed by atoms with Crippen LogP contribution in [0.3, 0.4) is 0 Å². The van der Waals surface area contributed by atoms with E-state index in [-0.39, 0.29) is 0 Å². The standard InChI is InChI=1S/C14H15O3PS2/c1-19-13-9-8-12(10-14(13)20(2)17)18(15,16)11-6-4-3-5-7-11/h3-10H,1-2H3,(H,15,16). The second kappa shape index (κ2) is 6.27. The Balaban J connectivity index is 2.56. The fraction of sp³-hybridized carbons (Fsp3) is 0.143. The van der Waals surface area contributed by atoms with Gasteiger partial charge in [0.1, 0.15) is 0 Å². The molecule has 20 heavy (non-hydrogen) atoms. The summed E-state index contributed by atoms with van der Waals surface area (Å²) in [7, 11) is -4.83. The summed E-state index contributed by atoms with van der Waals surface area (Å²) in [4.78, 5) is 11.8. The van der Waals surface area contributed by atoms with Crippen molar-refractivity contribution < 1.29 is 13.7 Å².